The van der Waals surface area contributed by atoms with Crippen LogP contribution in [0.3, 0.4) is 0 Å². The van der Waals surface area contributed by atoms with E-state index in [1.807, 2.05) is 0 Å². The van der Waals surface area contributed by atoms with Gasteiger partial charge in [0.25, 0.3) is 5.91 Å². The molecule has 1 amide bonds. The molecule has 102 valence electrons. The number of pyridine rings is 1. The van der Waals surface area contributed by atoms with Crippen LogP contribution in [0, 0.1) is 12.8 Å². The lowest BCUT2D eigenvalue weighted by molar-refractivity contribution is 0.0692. The summed E-state index contributed by atoms with van der Waals surface area (Å²) in [5.41, 5.74) is 0.684. The molecule has 1 atom stereocenters. The van der Waals surface area contributed by atoms with Gasteiger partial charge in [0, 0.05) is 25.6 Å². The van der Waals surface area contributed by atoms with Gasteiger partial charge in [0.05, 0.1) is 11.3 Å². The van der Waals surface area contributed by atoms with Crippen LogP contribution < -0.4 is 0 Å². The zero-order chi connectivity index (χ0) is 14.0. The van der Waals surface area contributed by atoms with Gasteiger partial charge >= 0.3 is 5.97 Å². The molecule has 1 saturated heterocycles. The lowest BCUT2D eigenvalue weighted by atomic mass is 10.1. The molecule has 6 nitrogen and oxygen atoms in total. The van der Waals surface area contributed by atoms with Crippen LogP contribution in [0.25, 0.3) is 0 Å². The van der Waals surface area contributed by atoms with Gasteiger partial charge in [-0.25, -0.2) is 9.78 Å². The second kappa shape index (κ2) is 5.36. The Kier molecular flexibility index (Phi) is 3.80. The topological polar surface area (TPSA) is 90.7 Å². The summed E-state index contributed by atoms with van der Waals surface area (Å²) in [6.07, 6.45) is 0.786. The van der Waals surface area contributed by atoms with Crippen molar-refractivity contribution in [2.75, 3.05) is 19.7 Å². The Balaban J connectivity index is 2.16. The number of aryl methyl sites for hydroxylation is 1. The van der Waals surface area contributed by atoms with Crippen LogP contribution in [0.15, 0.2) is 12.1 Å². The van der Waals surface area contributed by atoms with Crippen LogP contribution in [-0.2, 0) is 0 Å². The van der Waals surface area contributed by atoms with Crippen molar-refractivity contribution >= 4 is 11.9 Å². The number of hydrogen-bond acceptors (Lipinski definition) is 4. The summed E-state index contributed by atoms with van der Waals surface area (Å²) < 4.78 is 0. The number of amides is 1. The predicted molar refractivity (Wildman–Crippen MR) is 67.0 cm³/mol. The maximum Gasteiger partial charge on any atom is 0.337 e. The predicted octanol–water partition coefficient (Wildman–Crippen LogP) is 0.543. The number of carbonyl (C=O) groups excluding carboxylic acids is 1. The number of aliphatic hydroxyl groups excluding tert-OH is 1. The van der Waals surface area contributed by atoms with Gasteiger partial charge in [-0.15, -0.1) is 0 Å². The Hall–Kier alpha value is -1.95. The second-order valence-electron chi connectivity index (χ2n) is 4.72. The van der Waals surface area contributed by atoms with Crippen molar-refractivity contribution in [2.45, 2.75) is 13.3 Å². The molecular formula is C13H16N2O4. The quantitative estimate of drug-likeness (QED) is 0.831. The highest BCUT2D eigenvalue weighted by Gasteiger charge is 2.27. The summed E-state index contributed by atoms with van der Waals surface area (Å²) in [6, 6.07) is 2.84. The number of aromatic nitrogens is 1. The first kappa shape index (κ1) is 13.5. The van der Waals surface area contributed by atoms with Crippen molar-refractivity contribution in [1.82, 2.24) is 9.88 Å². The first-order chi connectivity index (χ1) is 9.02. The van der Waals surface area contributed by atoms with Crippen LogP contribution in [0.2, 0.25) is 0 Å². The SMILES string of the molecule is Cc1nc(C(=O)N2CCC(CO)C2)ccc1C(=O)O. The lowest BCUT2D eigenvalue weighted by Crippen LogP contribution is -2.30. The van der Waals surface area contributed by atoms with Gasteiger partial charge in [-0.3, -0.25) is 4.79 Å². The van der Waals surface area contributed by atoms with E-state index in [0.717, 1.165) is 6.42 Å². The molecule has 6 heteroatoms. The zero-order valence-corrected chi connectivity index (χ0v) is 10.7. The van der Waals surface area contributed by atoms with E-state index in [2.05, 4.69) is 4.98 Å². The van der Waals surface area contributed by atoms with Gasteiger partial charge in [0.15, 0.2) is 0 Å². The number of aromatic carboxylic acids is 1. The number of nitrogens with zero attached hydrogens (tertiary/aromatic N) is 2. The molecular weight excluding hydrogens is 248 g/mol. The van der Waals surface area contributed by atoms with Crippen LogP contribution in [0.4, 0.5) is 0 Å². The number of carbonyl (C=O) groups is 2. The average Bonchev–Trinajstić information content (AvgIpc) is 2.86. The van der Waals surface area contributed by atoms with Gasteiger partial charge < -0.3 is 15.1 Å². The number of aliphatic hydroxyl groups is 1. The highest BCUT2D eigenvalue weighted by molar-refractivity contribution is 5.94. The van der Waals surface area contributed by atoms with E-state index in [1.54, 1.807) is 11.8 Å². The highest BCUT2D eigenvalue weighted by Crippen LogP contribution is 2.18. The fraction of sp³-hybridized carbons (Fsp3) is 0.462. The molecule has 1 aromatic heterocycles. The van der Waals surface area contributed by atoms with E-state index in [-0.39, 0.29) is 29.7 Å². The Labute approximate surface area is 110 Å². The van der Waals surface area contributed by atoms with E-state index in [9.17, 15) is 9.59 Å². The normalized spacial score (nSPS) is 18.6. The molecule has 1 fully saturated rings. The first-order valence-corrected chi connectivity index (χ1v) is 6.14. The highest BCUT2D eigenvalue weighted by atomic mass is 16.4. The van der Waals surface area contributed by atoms with Gasteiger partial charge in [0.2, 0.25) is 0 Å². The molecule has 0 aliphatic carbocycles. The third kappa shape index (κ3) is 2.73. The largest absolute Gasteiger partial charge is 0.478 e. The smallest absolute Gasteiger partial charge is 0.337 e. The minimum absolute atomic E-state index is 0.0776. The number of hydrogen-bond donors (Lipinski definition) is 2. The van der Waals surface area contributed by atoms with Gasteiger partial charge in [-0.2, -0.15) is 0 Å². The summed E-state index contributed by atoms with van der Waals surface area (Å²) in [5.74, 6) is -1.13. The van der Waals surface area contributed by atoms with Crippen LogP contribution in [0.5, 0.6) is 0 Å². The molecule has 0 aromatic carbocycles. The summed E-state index contributed by atoms with van der Waals surface area (Å²) >= 11 is 0. The minimum Gasteiger partial charge on any atom is -0.478 e. The average molecular weight is 264 g/mol. The molecule has 1 aliphatic heterocycles. The first-order valence-electron chi connectivity index (χ1n) is 6.14. The summed E-state index contributed by atoms with van der Waals surface area (Å²) in [6.45, 7) is 2.77. The summed E-state index contributed by atoms with van der Waals surface area (Å²) in [5, 5.41) is 18.0. The van der Waals surface area contributed by atoms with E-state index < -0.39 is 5.97 Å². The zero-order valence-electron chi connectivity index (χ0n) is 10.7. The number of carboxylic acid groups (broad SMARTS) is 1. The minimum atomic E-state index is -1.05. The molecule has 2 heterocycles. The Morgan fingerprint density at radius 2 is 2.21 bits per heavy atom. The van der Waals surface area contributed by atoms with Crippen LogP contribution in [-0.4, -0.2) is 51.7 Å². The Morgan fingerprint density at radius 3 is 2.74 bits per heavy atom. The third-order valence-corrected chi connectivity index (χ3v) is 3.37. The number of rotatable bonds is 3. The van der Waals surface area contributed by atoms with Gasteiger partial charge in [-0.1, -0.05) is 0 Å². The molecule has 1 aliphatic rings. The van der Waals surface area contributed by atoms with Crippen molar-refractivity contribution in [3.8, 4) is 0 Å². The van der Waals surface area contributed by atoms with Crippen molar-refractivity contribution in [1.29, 1.82) is 0 Å². The molecule has 1 unspecified atom stereocenters. The molecule has 0 saturated carbocycles. The van der Waals surface area contributed by atoms with Crippen LogP contribution >= 0.6 is 0 Å². The van der Waals surface area contributed by atoms with Crippen molar-refractivity contribution < 1.29 is 19.8 Å². The standard InChI is InChI=1S/C13H16N2O4/c1-8-10(13(18)19)2-3-11(14-8)12(17)15-5-4-9(6-15)7-16/h2-3,9,16H,4-7H2,1H3,(H,18,19). The van der Waals surface area contributed by atoms with E-state index >= 15 is 0 Å². The van der Waals surface area contributed by atoms with Crippen molar-refractivity contribution in [2.24, 2.45) is 5.92 Å². The molecule has 2 rings (SSSR count). The van der Waals surface area contributed by atoms with Crippen molar-refractivity contribution in [3.63, 3.8) is 0 Å². The van der Waals surface area contributed by atoms with E-state index in [0.29, 0.717) is 18.8 Å². The van der Waals surface area contributed by atoms with Crippen LogP contribution in [0.1, 0.15) is 33.0 Å². The Morgan fingerprint density at radius 1 is 1.47 bits per heavy atom. The molecule has 0 bridgehead atoms. The van der Waals surface area contributed by atoms with E-state index in [4.69, 9.17) is 10.2 Å². The lowest BCUT2D eigenvalue weighted by Gasteiger charge is -2.16. The van der Waals surface area contributed by atoms with Crippen molar-refractivity contribution in [3.05, 3.63) is 29.1 Å². The third-order valence-electron chi connectivity index (χ3n) is 3.37. The fourth-order valence-electron chi connectivity index (χ4n) is 2.23. The molecule has 19 heavy (non-hydrogen) atoms. The Bertz CT molecular complexity index is 515. The summed E-state index contributed by atoms with van der Waals surface area (Å²) in [4.78, 5) is 28.8. The second-order valence-corrected chi connectivity index (χ2v) is 4.72. The molecule has 1 aromatic rings. The molecule has 2 N–H and O–H groups in total. The fourth-order valence-corrected chi connectivity index (χ4v) is 2.23. The number of likely N-dealkylation sites (tertiary alicyclic amines) is 1. The summed E-state index contributed by atoms with van der Waals surface area (Å²) in [7, 11) is 0. The van der Waals surface area contributed by atoms with Gasteiger partial charge in [-0.05, 0) is 25.5 Å². The monoisotopic (exact) mass is 264 g/mol. The maximum atomic E-state index is 12.2. The maximum absolute atomic E-state index is 12.2. The molecule has 0 spiro atoms. The van der Waals surface area contributed by atoms with E-state index in [1.165, 1.54) is 12.1 Å². The number of carboxylic acids is 1. The molecule has 0 radical (unpaired) electrons. The van der Waals surface area contributed by atoms with Gasteiger partial charge in [0.1, 0.15) is 5.69 Å².